The van der Waals surface area contributed by atoms with Gasteiger partial charge in [0.1, 0.15) is 5.82 Å². The van der Waals surface area contributed by atoms with Crippen molar-refractivity contribution in [2.24, 2.45) is 0 Å². The van der Waals surface area contributed by atoms with Crippen molar-refractivity contribution in [1.29, 1.82) is 0 Å². The molecule has 0 aliphatic carbocycles. The number of nitrogens with zero attached hydrogens (tertiary/aromatic N) is 4. The molecule has 1 aliphatic heterocycles. The van der Waals surface area contributed by atoms with E-state index in [0.717, 1.165) is 66.1 Å². The Morgan fingerprint density at radius 3 is 2.29 bits per heavy atom. The highest BCUT2D eigenvalue weighted by Crippen LogP contribution is 2.28. The van der Waals surface area contributed by atoms with Gasteiger partial charge in [0.2, 0.25) is 0 Å². The number of aliphatic hydroxyl groups excluding tert-OH is 1. The molecule has 1 unspecified atom stereocenters. The van der Waals surface area contributed by atoms with Gasteiger partial charge in [0.05, 0.1) is 6.10 Å². The van der Waals surface area contributed by atoms with Gasteiger partial charge in [0.15, 0.2) is 5.82 Å². The van der Waals surface area contributed by atoms with E-state index in [1.165, 1.54) is 5.56 Å². The molecular formula is C25H29ClN4O. The number of hydrogen-bond acceptors (Lipinski definition) is 5. The van der Waals surface area contributed by atoms with Gasteiger partial charge in [-0.3, -0.25) is 4.90 Å². The third-order valence-corrected chi connectivity index (χ3v) is 5.96. The first-order chi connectivity index (χ1) is 15.0. The van der Waals surface area contributed by atoms with Crippen LogP contribution in [-0.2, 0) is 6.42 Å². The summed E-state index contributed by atoms with van der Waals surface area (Å²) >= 11 is 6.08. The van der Waals surface area contributed by atoms with Crippen molar-refractivity contribution in [2.75, 3.05) is 37.6 Å². The summed E-state index contributed by atoms with van der Waals surface area (Å²) in [7, 11) is 0. The van der Waals surface area contributed by atoms with Gasteiger partial charge in [0, 0.05) is 61.0 Å². The van der Waals surface area contributed by atoms with Crippen LogP contribution in [0.4, 0.5) is 5.82 Å². The van der Waals surface area contributed by atoms with Gasteiger partial charge in [-0.15, -0.1) is 0 Å². The van der Waals surface area contributed by atoms with Crippen LogP contribution in [0, 0.1) is 6.92 Å². The Bertz CT molecular complexity index is 1000. The molecule has 6 heteroatoms. The van der Waals surface area contributed by atoms with E-state index < -0.39 is 0 Å². The fourth-order valence-electron chi connectivity index (χ4n) is 4.09. The molecule has 5 nitrogen and oxygen atoms in total. The average Bonchev–Trinajstić information content (AvgIpc) is 2.77. The standard InChI is InChI=1S/C25H29ClN4O/c1-18(31)17-29-12-14-30(15-13-29)25-23(16-20-8-10-22(26)11-9-20)19(2)27-24(28-25)21-6-4-3-5-7-21/h3-11,18,31H,12-17H2,1-2H3. The molecule has 0 saturated carbocycles. The molecule has 2 aromatic carbocycles. The summed E-state index contributed by atoms with van der Waals surface area (Å²) in [6.45, 7) is 8.21. The normalized spacial score (nSPS) is 15.8. The number of aliphatic hydroxyl groups is 1. The van der Waals surface area contributed by atoms with Crippen molar-refractivity contribution in [3.05, 3.63) is 76.4 Å². The fraction of sp³-hybridized carbons (Fsp3) is 0.360. The average molecular weight is 437 g/mol. The Labute approximate surface area is 189 Å². The number of halogens is 1. The van der Waals surface area contributed by atoms with Crippen LogP contribution in [0.15, 0.2) is 54.6 Å². The number of piperazine rings is 1. The molecule has 3 aromatic rings. The first kappa shape index (κ1) is 21.8. The molecule has 0 spiro atoms. The number of benzene rings is 2. The highest BCUT2D eigenvalue weighted by molar-refractivity contribution is 6.30. The lowest BCUT2D eigenvalue weighted by atomic mass is 10.0. The van der Waals surface area contributed by atoms with Gasteiger partial charge >= 0.3 is 0 Å². The van der Waals surface area contributed by atoms with Gasteiger partial charge in [-0.2, -0.15) is 0 Å². The highest BCUT2D eigenvalue weighted by atomic mass is 35.5. The smallest absolute Gasteiger partial charge is 0.161 e. The van der Waals surface area contributed by atoms with Crippen LogP contribution in [-0.4, -0.2) is 58.8 Å². The Morgan fingerprint density at radius 2 is 1.65 bits per heavy atom. The summed E-state index contributed by atoms with van der Waals surface area (Å²) in [6.07, 6.45) is 0.458. The Hall–Kier alpha value is -2.47. The molecule has 0 radical (unpaired) electrons. The number of aromatic nitrogens is 2. The van der Waals surface area contributed by atoms with E-state index in [0.29, 0.717) is 6.54 Å². The van der Waals surface area contributed by atoms with Crippen LogP contribution < -0.4 is 4.90 Å². The van der Waals surface area contributed by atoms with E-state index >= 15 is 0 Å². The van der Waals surface area contributed by atoms with Crippen molar-refractivity contribution in [1.82, 2.24) is 14.9 Å². The highest BCUT2D eigenvalue weighted by Gasteiger charge is 2.23. The summed E-state index contributed by atoms with van der Waals surface area (Å²) in [5.41, 5.74) is 4.38. The lowest BCUT2D eigenvalue weighted by Crippen LogP contribution is -2.48. The van der Waals surface area contributed by atoms with Crippen LogP contribution in [0.3, 0.4) is 0 Å². The van der Waals surface area contributed by atoms with Crippen molar-refractivity contribution in [2.45, 2.75) is 26.4 Å². The van der Waals surface area contributed by atoms with Gasteiger partial charge in [-0.05, 0) is 31.5 Å². The summed E-state index contributed by atoms with van der Waals surface area (Å²) in [5.74, 6) is 1.78. The molecule has 1 aromatic heterocycles. The number of aryl methyl sites for hydroxylation is 1. The molecule has 1 N–H and O–H groups in total. The summed E-state index contributed by atoms with van der Waals surface area (Å²) < 4.78 is 0. The Kier molecular flexibility index (Phi) is 6.86. The molecule has 1 atom stereocenters. The van der Waals surface area contributed by atoms with Crippen LogP contribution in [0.2, 0.25) is 5.02 Å². The van der Waals surface area contributed by atoms with E-state index in [-0.39, 0.29) is 6.10 Å². The molecule has 0 bridgehead atoms. The van der Waals surface area contributed by atoms with E-state index in [1.54, 1.807) is 0 Å². The van der Waals surface area contributed by atoms with Crippen LogP contribution in [0.1, 0.15) is 23.7 Å². The van der Waals surface area contributed by atoms with Gasteiger partial charge in [-0.25, -0.2) is 9.97 Å². The molecule has 162 valence electrons. The minimum absolute atomic E-state index is 0.307. The largest absolute Gasteiger partial charge is 0.392 e. The van der Waals surface area contributed by atoms with Crippen LogP contribution >= 0.6 is 11.6 Å². The monoisotopic (exact) mass is 436 g/mol. The quantitative estimate of drug-likeness (QED) is 0.627. The van der Waals surface area contributed by atoms with E-state index in [2.05, 4.69) is 41.0 Å². The molecule has 1 aliphatic rings. The molecule has 0 amide bonds. The molecule has 2 heterocycles. The van der Waals surface area contributed by atoms with Gasteiger partial charge in [0.25, 0.3) is 0 Å². The number of hydrogen-bond donors (Lipinski definition) is 1. The predicted octanol–water partition coefficient (Wildman–Crippen LogP) is 4.20. The first-order valence-corrected chi connectivity index (χ1v) is 11.2. The van der Waals surface area contributed by atoms with Crippen molar-refractivity contribution in [3.8, 4) is 11.4 Å². The minimum atomic E-state index is -0.307. The maximum Gasteiger partial charge on any atom is 0.161 e. The van der Waals surface area contributed by atoms with E-state index in [4.69, 9.17) is 21.6 Å². The van der Waals surface area contributed by atoms with E-state index in [1.807, 2.05) is 37.3 Å². The maximum absolute atomic E-state index is 9.73. The lowest BCUT2D eigenvalue weighted by molar-refractivity contribution is 0.122. The maximum atomic E-state index is 9.73. The van der Waals surface area contributed by atoms with Crippen molar-refractivity contribution in [3.63, 3.8) is 0 Å². The number of β-amino-alcohol motifs (C(OH)–C–C–N with tert-alkyl or cyclic N) is 1. The lowest BCUT2D eigenvalue weighted by Gasteiger charge is -2.37. The minimum Gasteiger partial charge on any atom is -0.392 e. The Morgan fingerprint density at radius 1 is 0.968 bits per heavy atom. The van der Waals surface area contributed by atoms with Crippen molar-refractivity contribution >= 4 is 17.4 Å². The number of rotatable bonds is 6. The summed E-state index contributed by atoms with van der Waals surface area (Å²) in [5, 5.41) is 10.5. The fourth-order valence-corrected chi connectivity index (χ4v) is 4.21. The zero-order chi connectivity index (χ0) is 21.8. The molecule has 1 saturated heterocycles. The SMILES string of the molecule is Cc1nc(-c2ccccc2)nc(N2CCN(CC(C)O)CC2)c1Cc1ccc(Cl)cc1. The third-order valence-electron chi connectivity index (χ3n) is 5.71. The Balaban J connectivity index is 1.67. The van der Waals surface area contributed by atoms with Crippen molar-refractivity contribution < 1.29 is 5.11 Å². The predicted molar refractivity (Wildman–Crippen MR) is 127 cm³/mol. The first-order valence-electron chi connectivity index (χ1n) is 10.8. The zero-order valence-corrected chi connectivity index (χ0v) is 18.9. The second kappa shape index (κ2) is 9.77. The van der Waals surface area contributed by atoms with Crippen LogP contribution in [0.5, 0.6) is 0 Å². The zero-order valence-electron chi connectivity index (χ0n) is 18.1. The van der Waals surface area contributed by atoms with Crippen LogP contribution in [0.25, 0.3) is 11.4 Å². The second-order valence-corrected chi connectivity index (χ2v) is 8.68. The topological polar surface area (TPSA) is 52.5 Å². The van der Waals surface area contributed by atoms with Gasteiger partial charge in [-0.1, -0.05) is 54.1 Å². The second-order valence-electron chi connectivity index (χ2n) is 8.24. The van der Waals surface area contributed by atoms with E-state index in [9.17, 15) is 5.11 Å². The summed E-state index contributed by atoms with van der Waals surface area (Å²) in [4.78, 5) is 14.6. The molecule has 4 rings (SSSR count). The molecule has 1 fully saturated rings. The van der Waals surface area contributed by atoms with Gasteiger partial charge < -0.3 is 10.0 Å². The summed E-state index contributed by atoms with van der Waals surface area (Å²) in [6, 6.07) is 18.1. The number of anilines is 1. The molecular weight excluding hydrogens is 408 g/mol. The molecule has 31 heavy (non-hydrogen) atoms. The third kappa shape index (κ3) is 5.42.